The topological polar surface area (TPSA) is 62.7 Å². The van der Waals surface area contributed by atoms with Gasteiger partial charge in [0.05, 0.1) is 16.9 Å². The molecule has 1 saturated carbocycles. The van der Waals surface area contributed by atoms with Crippen molar-refractivity contribution in [3.63, 3.8) is 0 Å². The fourth-order valence-corrected chi connectivity index (χ4v) is 2.75. The van der Waals surface area contributed by atoms with Crippen LogP contribution >= 0.6 is 23.2 Å². The summed E-state index contributed by atoms with van der Waals surface area (Å²) in [6.07, 6.45) is 6.36. The standard InChI is InChI=1S/C14H15Cl2N5/c15-9-5-6-11(16)12(7-9)19-13-8-17-21-14(20-13)18-10-3-1-2-4-10/h5-8,10H,1-4H2,(H2,18,19,20,21). The van der Waals surface area contributed by atoms with Crippen LogP contribution in [0.15, 0.2) is 24.4 Å². The maximum atomic E-state index is 6.12. The summed E-state index contributed by atoms with van der Waals surface area (Å²) < 4.78 is 0. The van der Waals surface area contributed by atoms with Gasteiger partial charge in [-0.05, 0) is 31.0 Å². The van der Waals surface area contributed by atoms with E-state index in [0.29, 0.717) is 33.5 Å². The average molecular weight is 324 g/mol. The summed E-state index contributed by atoms with van der Waals surface area (Å²) in [7, 11) is 0. The van der Waals surface area contributed by atoms with Crippen molar-refractivity contribution in [3.8, 4) is 0 Å². The largest absolute Gasteiger partial charge is 0.350 e. The third-order valence-corrected chi connectivity index (χ3v) is 4.00. The molecule has 3 rings (SSSR count). The number of hydrogen-bond donors (Lipinski definition) is 2. The molecule has 0 spiro atoms. The first kappa shape index (κ1) is 14.4. The van der Waals surface area contributed by atoms with Gasteiger partial charge in [-0.2, -0.15) is 10.1 Å². The summed E-state index contributed by atoms with van der Waals surface area (Å²) in [5.74, 6) is 1.11. The fourth-order valence-electron chi connectivity index (χ4n) is 2.41. The minimum atomic E-state index is 0.441. The van der Waals surface area contributed by atoms with E-state index in [1.165, 1.54) is 12.8 Å². The number of nitrogens with zero attached hydrogens (tertiary/aromatic N) is 3. The van der Waals surface area contributed by atoms with Crippen LogP contribution in [0, 0.1) is 0 Å². The maximum Gasteiger partial charge on any atom is 0.244 e. The Labute approximate surface area is 133 Å². The zero-order valence-corrected chi connectivity index (χ0v) is 12.8. The summed E-state index contributed by atoms with van der Waals surface area (Å²) in [4.78, 5) is 4.40. The summed E-state index contributed by atoms with van der Waals surface area (Å²) in [6.45, 7) is 0. The first-order chi connectivity index (χ1) is 10.2. The molecule has 1 aromatic carbocycles. The van der Waals surface area contributed by atoms with Gasteiger partial charge in [-0.3, -0.25) is 0 Å². The quantitative estimate of drug-likeness (QED) is 0.879. The van der Waals surface area contributed by atoms with Gasteiger partial charge in [0.25, 0.3) is 0 Å². The highest BCUT2D eigenvalue weighted by Crippen LogP contribution is 2.28. The average Bonchev–Trinajstić information content (AvgIpc) is 2.96. The first-order valence-corrected chi connectivity index (χ1v) is 7.64. The Morgan fingerprint density at radius 3 is 2.76 bits per heavy atom. The molecule has 0 saturated heterocycles. The zero-order chi connectivity index (χ0) is 14.7. The number of halogens is 2. The molecule has 2 N–H and O–H groups in total. The van der Waals surface area contributed by atoms with Crippen LogP contribution in [0.3, 0.4) is 0 Å². The number of aromatic nitrogens is 3. The van der Waals surface area contributed by atoms with E-state index < -0.39 is 0 Å². The van der Waals surface area contributed by atoms with Gasteiger partial charge in [-0.1, -0.05) is 36.0 Å². The zero-order valence-electron chi connectivity index (χ0n) is 11.3. The van der Waals surface area contributed by atoms with Gasteiger partial charge < -0.3 is 10.6 Å². The van der Waals surface area contributed by atoms with E-state index in [1.54, 1.807) is 24.4 Å². The van der Waals surface area contributed by atoms with Crippen LogP contribution in [0.25, 0.3) is 0 Å². The molecule has 7 heteroatoms. The molecular weight excluding hydrogens is 309 g/mol. The van der Waals surface area contributed by atoms with Crippen LogP contribution in [0.4, 0.5) is 17.5 Å². The lowest BCUT2D eigenvalue weighted by Crippen LogP contribution is -2.17. The molecule has 0 atom stereocenters. The van der Waals surface area contributed by atoms with Crippen LogP contribution in [0.2, 0.25) is 10.0 Å². The molecule has 0 amide bonds. The van der Waals surface area contributed by atoms with Gasteiger partial charge in [0, 0.05) is 11.1 Å². The van der Waals surface area contributed by atoms with Crippen LogP contribution in [-0.4, -0.2) is 21.2 Å². The minimum absolute atomic E-state index is 0.441. The molecule has 5 nitrogen and oxygen atoms in total. The van der Waals surface area contributed by atoms with Crippen LogP contribution in [0.1, 0.15) is 25.7 Å². The molecule has 1 aromatic heterocycles. The number of nitrogens with one attached hydrogen (secondary N) is 2. The van der Waals surface area contributed by atoms with Gasteiger partial charge in [0.1, 0.15) is 0 Å². The normalized spacial score (nSPS) is 15.1. The van der Waals surface area contributed by atoms with E-state index in [1.807, 2.05) is 0 Å². The molecule has 2 aromatic rings. The molecular formula is C14H15Cl2N5. The van der Waals surface area contributed by atoms with E-state index in [-0.39, 0.29) is 0 Å². The molecule has 1 aliphatic rings. The minimum Gasteiger partial charge on any atom is -0.350 e. The molecule has 110 valence electrons. The van der Waals surface area contributed by atoms with Gasteiger partial charge in [0.2, 0.25) is 5.95 Å². The predicted molar refractivity (Wildman–Crippen MR) is 85.5 cm³/mol. The molecule has 1 heterocycles. The SMILES string of the molecule is Clc1ccc(Cl)c(Nc2cnnc(NC3CCCC3)n2)c1. The maximum absolute atomic E-state index is 6.12. The molecule has 0 bridgehead atoms. The van der Waals surface area contributed by atoms with Crippen molar-refractivity contribution >= 4 is 40.7 Å². The van der Waals surface area contributed by atoms with Crippen molar-refractivity contribution in [2.45, 2.75) is 31.7 Å². The number of hydrogen-bond acceptors (Lipinski definition) is 5. The second kappa shape index (κ2) is 6.45. The highest BCUT2D eigenvalue weighted by molar-refractivity contribution is 6.35. The summed E-state index contributed by atoms with van der Waals surface area (Å²) in [5, 5.41) is 15.6. The third kappa shape index (κ3) is 3.74. The van der Waals surface area contributed by atoms with E-state index in [0.717, 1.165) is 12.8 Å². The second-order valence-corrected chi connectivity index (χ2v) is 5.88. The highest BCUT2D eigenvalue weighted by atomic mass is 35.5. The van der Waals surface area contributed by atoms with E-state index in [2.05, 4.69) is 25.8 Å². The number of benzene rings is 1. The highest BCUT2D eigenvalue weighted by Gasteiger charge is 2.16. The number of anilines is 3. The Balaban J connectivity index is 1.74. The fraction of sp³-hybridized carbons (Fsp3) is 0.357. The summed E-state index contributed by atoms with van der Waals surface area (Å²) in [5.41, 5.74) is 0.691. The van der Waals surface area contributed by atoms with Crippen molar-refractivity contribution in [2.75, 3.05) is 10.6 Å². The van der Waals surface area contributed by atoms with E-state index in [9.17, 15) is 0 Å². The van der Waals surface area contributed by atoms with Crippen molar-refractivity contribution in [3.05, 3.63) is 34.4 Å². The Morgan fingerprint density at radius 1 is 1.14 bits per heavy atom. The lowest BCUT2D eigenvalue weighted by molar-refractivity contribution is 0.738. The van der Waals surface area contributed by atoms with Gasteiger partial charge in [0.15, 0.2) is 5.82 Å². The number of rotatable bonds is 4. The Hall–Kier alpha value is -1.59. The summed E-state index contributed by atoms with van der Waals surface area (Å²) >= 11 is 12.1. The van der Waals surface area contributed by atoms with E-state index in [4.69, 9.17) is 23.2 Å². The second-order valence-electron chi connectivity index (χ2n) is 5.04. The van der Waals surface area contributed by atoms with Crippen molar-refractivity contribution in [1.82, 2.24) is 15.2 Å². The summed E-state index contributed by atoms with van der Waals surface area (Å²) in [6, 6.07) is 5.66. The van der Waals surface area contributed by atoms with Gasteiger partial charge in [-0.25, -0.2) is 0 Å². The Bertz CT molecular complexity index is 629. The predicted octanol–water partition coefficient (Wildman–Crippen LogP) is 4.28. The molecule has 1 fully saturated rings. The van der Waals surface area contributed by atoms with Crippen molar-refractivity contribution < 1.29 is 0 Å². The van der Waals surface area contributed by atoms with Crippen molar-refractivity contribution in [2.24, 2.45) is 0 Å². The molecule has 0 unspecified atom stereocenters. The first-order valence-electron chi connectivity index (χ1n) is 6.89. The smallest absolute Gasteiger partial charge is 0.244 e. The Morgan fingerprint density at radius 2 is 1.95 bits per heavy atom. The molecule has 0 radical (unpaired) electrons. The lowest BCUT2D eigenvalue weighted by atomic mass is 10.3. The van der Waals surface area contributed by atoms with Crippen LogP contribution in [-0.2, 0) is 0 Å². The Kier molecular flexibility index (Phi) is 4.41. The van der Waals surface area contributed by atoms with E-state index >= 15 is 0 Å². The van der Waals surface area contributed by atoms with Gasteiger partial charge in [-0.15, -0.1) is 5.10 Å². The lowest BCUT2D eigenvalue weighted by Gasteiger charge is -2.12. The molecule has 0 aliphatic heterocycles. The van der Waals surface area contributed by atoms with Gasteiger partial charge >= 0.3 is 0 Å². The monoisotopic (exact) mass is 323 g/mol. The molecule has 1 aliphatic carbocycles. The molecule has 21 heavy (non-hydrogen) atoms. The third-order valence-electron chi connectivity index (χ3n) is 3.44. The van der Waals surface area contributed by atoms with Crippen LogP contribution in [0.5, 0.6) is 0 Å². The van der Waals surface area contributed by atoms with Crippen molar-refractivity contribution in [1.29, 1.82) is 0 Å². The van der Waals surface area contributed by atoms with Crippen LogP contribution < -0.4 is 10.6 Å².